The molecule has 2 aliphatic rings. The molecule has 3 rings (SSSR count). The van der Waals surface area contributed by atoms with Gasteiger partial charge in [0.1, 0.15) is 11.4 Å². The van der Waals surface area contributed by atoms with Crippen LogP contribution in [0.5, 0.6) is 5.75 Å². The summed E-state index contributed by atoms with van der Waals surface area (Å²) in [7, 11) is 0. The summed E-state index contributed by atoms with van der Waals surface area (Å²) in [5, 5.41) is 0. The normalized spacial score (nSPS) is 40.4. The average Bonchev–Trinajstić information content (AvgIpc) is 2.40. The second kappa shape index (κ2) is 2.82. The highest BCUT2D eigenvalue weighted by atomic mass is 16.5. The van der Waals surface area contributed by atoms with Gasteiger partial charge in [0.05, 0.1) is 0 Å². The van der Waals surface area contributed by atoms with E-state index in [1.54, 1.807) is 0 Å². The van der Waals surface area contributed by atoms with Crippen LogP contribution in [-0.4, -0.2) is 5.60 Å². The SMILES string of the molecule is Cc1ccc2c(c1)O[C@@]1(C)CC[C@]2(C)[C@@H]1C. The lowest BCUT2D eigenvalue weighted by atomic mass is 9.70. The zero-order valence-corrected chi connectivity index (χ0v) is 10.6. The van der Waals surface area contributed by atoms with Crippen molar-refractivity contribution < 1.29 is 4.74 Å². The van der Waals surface area contributed by atoms with E-state index in [4.69, 9.17) is 4.74 Å². The van der Waals surface area contributed by atoms with E-state index in [9.17, 15) is 0 Å². The predicted molar refractivity (Wildman–Crippen MR) is 66.0 cm³/mol. The van der Waals surface area contributed by atoms with Crippen molar-refractivity contribution in [3.63, 3.8) is 0 Å². The van der Waals surface area contributed by atoms with E-state index in [1.165, 1.54) is 24.0 Å². The van der Waals surface area contributed by atoms with Crippen molar-refractivity contribution in [1.29, 1.82) is 0 Å². The standard InChI is InChI=1S/C15H20O/c1-10-5-6-12-13(9-10)16-15(4)8-7-14(12,3)11(15)2/h5-6,9,11H,7-8H2,1-4H3/t11-,14+,15-/m0/s1. The maximum atomic E-state index is 6.27. The largest absolute Gasteiger partial charge is 0.487 e. The van der Waals surface area contributed by atoms with Crippen molar-refractivity contribution in [2.75, 3.05) is 0 Å². The highest BCUT2D eigenvalue weighted by molar-refractivity contribution is 5.47. The molecule has 3 atom stereocenters. The molecule has 1 aliphatic heterocycles. The minimum atomic E-state index is 0.0511. The smallest absolute Gasteiger partial charge is 0.124 e. The fourth-order valence-electron chi connectivity index (χ4n) is 3.56. The minimum absolute atomic E-state index is 0.0511. The summed E-state index contributed by atoms with van der Waals surface area (Å²) in [5.41, 5.74) is 3.08. The Labute approximate surface area is 97.8 Å². The zero-order valence-electron chi connectivity index (χ0n) is 10.6. The summed E-state index contributed by atoms with van der Waals surface area (Å²) >= 11 is 0. The molecule has 1 aromatic rings. The molecule has 1 heterocycles. The maximum absolute atomic E-state index is 6.27. The lowest BCUT2D eigenvalue weighted by Gasteiger charge is -2.43. The molecule has 0 unspecified atom stereocenters. The van der Waals surface area contributed by atoms with Crippen LogP contribution < -0.4 is 4.74 Å². The second-order valence-corrected chi connectivity index (χ2v) is 6.05. The molecular weight excluding hydrogens is 196 g/mol. The Morgan fingerprint density at radius 3 is 2.75 bits per heavy atom. The van der Waals surface area contributed by atoms with Crippen molar-refractivity contribution in [3.8, 4) is 5.75 Å². The van der Waals surface area contributed by atoms with Crippen molar-refractivity contribution in [2.45, 2.75) is 51.6 Å². The van der Waals surface area contributed by atoms with Crippen molar-refractivity contribution in [2.24, 2.45) is 5.92 Å². The molecule has 0 aromatic heterocycles. The number of ether oxygens (including phenoxy) is 1. The van der Waals surface area contributed by atoms with Crippen molar-refractivity contribution in [1.82, 2.24) is 0 Å². The Bertz CT molecular complexity index is 451. The number of fused-ring (bicyclic) bond motifs is 4. The summed E-state index contributed by atoms with van der Waals surface area (Å²) in [6.07, 6.45) is 2.43. The summed E-state index contributed by atoms with van der Waals surface area (Å²) in [5.74, 6) is 1.73. The first-order valence-corrected chi connectivity index (χ1v) is 6.26. The number of hydrogen-bond acceptors (Lipinski definition) is 1. The van der Waals surface area contributed by atoms with Gasteiger partial charge >= 0.3 is 0 Å². The molecule has 1 nitrogen and oxygen atoms in total. The monoisotopic (exact) mass is 216 g/mol. The van der Waals surface area contributed by atoms with E-state index in [-0.39, 0.29) is 5.60 Å². The van der Waals surface area contributed by atoms with Crippen LogP contribution in [-0.2, 0) is 5.41 Å². The van der Waals surface area contributed by atoms with Crippen LogP contribution in [0.1, 0.15) is 44.7 Å². The Balaban J connectivity index is 2.22. The van der Waals surface area contributed by atoms with Gasteiger partial charge in [0.25, 0.3) is 0 Å². The summed E-state index contributed by atoms with van der Waals surface area (Å²) in [6.45, 7) is 9.15. The lowest BCUT2D eigenvalue weighted by molar-refractivity contribution is 0.0216. The van der Waals surface area contributed by atoms with E-state index in [0.717, 1.165) is 5.75 Å². The van der Waals surface area contributed by atoms with Gasteiger partial charge in [-0.25, -0.2) is 0 Å². The molecule has 0 saturated heterocycles. The van der Waals surface area contributed by atoms with Gasteiger partial charge in [-0.3, -0.25) is 0 Å². The van der Waals surface area contributed by atoms with Crippen molar-refractivity contribution >= 4 is 0 Å². The summed E-state index contributed by atoms with van der Waals surface area (Å²) < 4.78 is 6.27. The third-order valence-corrected chi connectivity index (χ3v) is 5.11. The number of rotatable bonds is 0. The molecule has 16 heavy (non-hydrogen) atoms. The highest BCUT2D eigenvalue weighted by Gasteiger charge is 2.56. The molecule has 1 heteroatoms. The molecular formula is C15H20O. The van der Waals surface area contributed by atoms with Gasteiger partial charge in [0, 0.05) is 16.9 Å². The van der Waals surface area contributed by atoms with Gasteiger partial charge in [-0.1, -0.05) is 26.0 Å². The first-order valence-electron chi connectivity index (χ1n) is 6.26. The van der Waals surface area contributed by atoms with E-state index >= 15 is 0 Å². The van der Waals surface area contributed by atoms with Crippen LogP contribution in [0.15, 0.2) is 18.2 Å². The maximum Gasteiger partial charge on any atom is 0.124 e. The number of hydrogen-bond donors (Lipinski definition) is 0. The van der Waals surface area contributed by atoms with Gasteiger partial charge in [-0.2, -0.15) is 0 Å². The van der Waals surface area contributed by atoms with E-state index in [1.807, 2.05) is 0 Å². The second-order valence-electron chi connectivity index (χ2n) is 6.05. The quantitative estimate of drug-likeness (QED) is 0.640. The third-order valence-electron chi connectivity index (χ3n) is 5.11. The number of benzene rings is 1. The molecule has 1 saturated carbocycles. The lowest BCUT2D eigenvalue weighted by Crippen LogP contribution is -2.45. The van der Waals surface area contributed by atoms with Gasteiger partial charge in [-0.15, -0.1) is 0 Å². The Kier molecular flexibility index (Phi) is 1.80. The molecule has 0 N–H and O–H groups in total. The minimum Gasteiger partial charge on any atom is -0.487 e. The molecule has 1 aliphatic carbocycles. The first-order chi connectivity index (χ1) is 7.46. The summed E-state index contributed by atoms with van der Waals surface area (Å²) in [6, 6.07) is 6.68. The molecule has 0 radical (unpaired) electrons. The van der Waals surface area contributed by atoms with Crippen LogP contribution in [0.2, 0.25) is 0 Å². The Morgan fingerprint density at radius 2 is 2.00 bits per heavy atom. The molecule has 0 spiro atoms. The highest BCUT2D eigenvalue weighted by Crippen LogP contribution is 2.58. The topological polar surface area (TPSA) is 9.23 Å². The Morgan fingerprint density at radius 1 is 1.25 bits per heavy atom. The van der Waals surface area contributed by atoms with E-state index in [0.29, 0.717) is 11.3 Å². The summed E-state index contributed by atoms with van der Waals surface area (Å²) in [4.78, 5) is 0. The van der Waals surface area contributed by atoms with Crippen molar-refractivity contribution in [3.05, 3.63) is 29.3 Å². The predicted octanol–water partition coefficient (Wildman–Crippen LogP) is 3.83. The fraction of sp³-hybridized carbons (Fsp3) is 0.600. The van der Waals surface area contributed by atoms with Gasteiger partial charge < -0.3 is 4.74 Å². The van der Waals surface area contributed by atoms with Crippen LogP contribution in [0.4, 0.5) is 0 Å². The van der Waals surface area contributed by atoms with Crippen LogP contribution >= 0.6 is 0 Å². The Hall–Kier alpha value is -0.980. The van der Waals surface area contributed by atoms with Crippen LogP contribution in [0, 0.1) is 12.8 Å². The third kappa shape index (κ3) is 1.07. The molecule has 2 bridgehead atoms. The average molecular weight is 216 g/mol. The van der Waals surface area contributed by atoms with Gasteiger partial charge in [0.2, 0.25) is 0 Å². The van der Waals surface area contributed by atoms with E-state index in [2.05, 4.69) is 45.9 Å². The molecule has 1 aromatic carbocycles. The molecule has 86 valence electrons. The van der Waals surface area contributed by atoms with E-state index < -0.39 is 0 Å². The van der Waals surface area contributed by atoms with Crippen LogP contribution in [0.25, 0.3) is 0 Å². The first kappa shape index (κ1) is 10.2. The van der Waals surface area contributed by atoms with Crippen LogP contribution in [0.3, 0.4) is 0 Å². The number of aryl methyl sites for hydroxylation is 1. The molecule has 1 fully saturated rings. The molecule has 0 amide bonds. The van der Waals surface area contributed by atoms with Gasteiger partial charge in [0.15, 0.2) is 0 Å². The fourth-order valence-corrected chi connectivity index (χ4v) is 3.56. The van der Waals surface area contributed by atoms with Gasteiger partial charge in [-0.05, 0) is 38.3 Å². The zero-order chi connectivity index (χ0) is 11.6.